The van der Waals surface area contributed by atoms with Crippen molar-refractivity contribution in [2.45, 2.75) is 39.2 Å². The Morgan fingerprint density at radius 1 is 1.06 bits per heavy atom. The molecule has 2 aromatic heterocycles. The van der Waals surface area contributed by atoms with E-state index in [1.165, 1.54) is 31.5 Å². The molecule has 170 valence electrons. The fraction of sp³-hybridized carbons (Fsp3) is 0.346. The maximum Gasteiger partial charge on any atom is 0.224 e. The third kappa shape index (κ3) is 5.14. The van der Waals surface area contributed by atoms with Crippen molar-refractivity contribution < 1.29 is 9.21 Å². The van der Waals surface area contributed by atoms with E-state index in [0.29, 0.717) is 18.7 Å². The first-order chi connectivity index (χ1) is 16.1. The highest BCUT2D eigenvalue weighted by atomic mass is 16.4. The standard InChI is InChI=1S/C26H29N5O2/c1-19-4-6-20(7-5-19)24-18-27-26(33-24)11-10-25(32)29-22-9-8-21-17-28-31(23(21)16-22)15-14-30-12-2-3-13-30/h4-9,16-18H,2-3,10-15H2,1H3,(H,29,32). The summed E-state index contributed by atoms with van der Waals surface area (Å²) in [4.78, 5) is 19.4. The number of benzene rings is 2. The van der Waals surface area contributed by atoms with Gasteiger partial charge < -0.3 is 14.6 Å². The fourth-order valence-corrected chi connectivity index (χ4v) is 4.29. The molecular weight excluding hydrogens is 414 g/mol. The van der Waals surface area contributed by atoms with E-state index in [9.17, 15) is 4.79 Å². The van der Waals surface area contributed by atoms with Gasteiger partial charge >= 0.3 is 0 Å². The van der Waals surface area contributed by atoms with Crippen molar-refractivity contribution in [2.75, 3.05) is 25.0 Å². The molecule has 1 N–H and O–H groups in total. The predicted molar refractivity (Wildman–Crippen MR) is 129 cm³/mol. The minimum Gasteiger partial charge on any atom is -0.441 e. The van der Waals surface area contributed by atoms with Crippen molar-refractivity contribution >= 4 is 22.5 Å². The molecule has 0 saturated carbocycles. The molecule has 7 heteroatoms. The van der Waals surface area contributed by atoms with Crippen LogP contribution in [0.4, 0.5) is 5.69 Å². The highest BCUT2D eigenvalue weighted by Gasteiger charge is 2.13. The van der Waals surface area contributed by atoms with Crippen LogP contribution in [0.15, 0.2) is 59.3 Å². The Hall–Kier alpha value is -3.45. The van der Waals surface area contributed by atoms with Crippen LogP contribution in [0.2, 0.25) is 0 Å². The second-order valence-corrected chi connectivity index (χ2v) is 8.72. The first-order valence-corrected chi connectivity index (χ1v) is 11.6. The predicted octanol–water partition coefficient (Wildman–Crippen LogP) is 4.67. The van der Waals surface area contributed by atoms with Gasteiger partial charge in [0, 0.05) is 36.0 Å². The van der Waals surface area contributed by atoms with Gasteiger partial charge in [0.2, 0.25) is 5.91 Å². The van der Waals surface area contributed by atoms with E-state index in [1.54, 1.807) is 6.20 Å². The van der Waals surface area contributed by atoms with Crippen molar-refractivity contribution in [3.63, 3.8) is 0 Å². The van der Waals surface area contributed by atoms with Crippen molar-refractivity contribution in [2.24, 2.45) is 0 Å². The van der Waals surface area contributed by atoms with E-state index in [-0.39, 0.29) is 5.91 Å². The molecule has 1 amide bonds. The van der Waals surface area contributed by atoms with Crippen molar-refractivity contribution in [3.05, 3.63) is 66.3 Å². The van der Waals surface area contributed by atoms with E-state index < -0.39 is 0 Å². The van der Waals surface area contributed by atoms with Crippen LogP contribution in [-0.2, 0) is 17.8 Å². The smallest absolute Gasteiger partial charge is 0.224 e. The summed E-state index contributed by atoms with van der Waals surface area (Å²) < 4.78 is 7.87. The number of nitrogens with one attached hydrogen (secondary N) is 1. The van der Waals surface area contributed by atoms with E-state index >= 15 is 0 Å². The molecule has 0 spiro atoms. The second-order valence-electron chi connectivity index (χ2n) is 8.72. The number of nitrogens with zero attached hydrogens (tertiary/aromatic N) is 4. The summed E-state index contributed by atoms with van der Waals surface area (Å²) >= 11 is 0. The van der Waals surface area contributed by atoms with Gasteiger partial charge in [-0.1, -0.05) is 29.8 Å². The molecule has 5 rings (SSSR count). The maximum atomic E-state index is 12.5. The molecule has 1 fully saturated rings. The monoisotopic (exact) mass is 443 g/mol. The number of carbonyl (C=O) groups excluding carboxylic acids is 1. The number of carbonyl (C=O) groups is 1. The number of amides is 1. The number of hydrogen-bond acceptors (Lipinski definition) is 5. The molecule has 1 aliphatic heterocycles. The van der Waals surface area contributed by atoms with Gasteiger partial charge in [-0.15, -0.1) is 0 Å². The number of aryl methyl sites for hydroxylation is 2. The molecule has 7 nitrogen and oxygen atoms in total. The van der Waals surface area contributed by atoms with Crippen LogP contribution in [0, 0.1) is 6.92 Å². The van der Waals surface area contributed by atoms with Gasteiger partial charge in [-0.2, -0.15) is 5.10 Å². The zero-order valence-corrected chi connectivity index (χ0v) is 19.0. The molecule has 3 heterocycles. The topological polar surface area (TPSA) is 76.2 Å². The summed E-state index contributed by atoms with van der Waals surface area (Å²) in [6, 6.07) is 14.0. The normalized spacial score (nSPS) is 14.2. The van der Waals surface area contributed by atoms with E-state index in [0.717, 1.165) is 41.0 Å². The van der Waals surface area contributed by atoms with Crippen LogP contribution in [0.3, 0.4) is 0 Å². The molecular formula is C26H29N5O2. The molecule has 1 aliphatic rings. The summed E-state index contributed by atoms with van der Waals surface area (Å²) in [7, 11) is 0. The molecule has 2 aromatic carbocycles. The summed E-state index contributed by atoms with van der Waals surface area (Å²) in [6.45, 7) is 6.27. The Bertz CT molecular complexity index is 1240. The fourth-order valence-electron chi connectivity index (χ4n) is 4.29. The lowest BCUT2D eigenvalue weighted by Crippen LogP contribution is -2.24. The summed E-state index contributed by atoms with van der Waals surface area (Å²) in [6.07, 6.45) is 6.94. The van der Waals surface area contributed by atoms with Gasteiger partial charge in [0.25, 0.3) is 0 Å². The Balaban J connectivity index is 1.18. The van der Waals surface area contributed by atoms with Gasteiger partial charge in [0.1, 0.15) is 0 Å². The zero-order valence-electron chi connectivity index (χ0n) is 19.0. The van der Waals surface area contributed by atoms with E-state index in [4.69, 9.17) is 4.42 Å². The van der Waals surface area contributed by atoms with Gasteiger partial charge in [0.05, 0.1) is 24.5 Å². The summed E-state index contributed by atoms with van der Waals surface area (Å²) in [5, 5.41) is 8.63. The van der Waals surface area contributed by atoms with Gasteiger partial charge in [-0.05, 0) is 51.1 Å². The largest absolute Gasteiger partial charge is 0.441 e. The van der Waals surface area contributed by atoms with E-state index in [2.05, 4.69) is 20.3 Å². The quantitative estimate of drug-likeness (QED) is 0.428. The average Bonchev–Trinajstić information content (AvgIpc) is 3.58. The second kappa shape index (κ2) is 9.58. The Labute approximate surface area is 193 Å². The lowest BCUT2D eigenvalue weighted by Gasteiger charge is -2.14. The average molecular weight is 444 g/mol. The first-order valence-electron chi connectivity index (χ1n) is 11.6. The zero-order chi connectivity index (χ0) is 22.6. The molecule has 0 radical (unpaired) electrons. The Morgan fingerprint density at radius 2 is 1.88 bits per heavy atom. The minimum absolute atomic E-state index is 0.0624. The lowest BCUT2D eigenvalue weighted by atomic mass is 10.1. The summed E-state index contributed by atoms with van der Waals surface area (Å²) in [5.41, 5.74) is 4.01. The number of likely N-dealkylation sites (tertiary alicyclic amines) is 1. The van der Waals surface area contributed by atoms with Crippen LogP contribution in [0.5, 0.6) is 0 Å². The summed E-state index contributed by atoms with van der Waals surface area (Å²) in [5.74, 6) is 1.22. The number of aromatic nitrogens is 3. The molecule has 1 saturated heterocycles. The Morgan fingerprint density at radius 3 is 2.70 bits per heavy atom. The molecule has 0 unspecified atom stereocenters. The van der Waals surface area contributed by atoms with Gasteiger partial charge in [-0.3, -0.25) is 9.48 Å². The van der Waals surface area contributed by atoms with Crippen LogP contribution in [-0.4, -0.2) is 45.2 Å². The van der Waals surface area contributed by atoms with Gasteiger partial charge in [0.15, 0.2) is 11.7 Å². The molecule has 0 atom stereocenters. The molecule has 0 bridgehead atoms. The third-order valence-electron chi connectivity index (χ3n) is 6.21. The van der Waals surface area contributed by atoms with Crippen molar-refractivity contribution in [1.29, 1.82) is 0 Å². The highest BCUT2D eigenvalue weighted by molar-refractivity contribution is 5.93. The number of hydrogen-bond donors (Lipinski definition) is 1. The molecule has 33 heavy (non-hydrogen) atoms. The van der Waals surface area contributed by atoms with Crippen LogP contribution in [0.1, 0.15) is 30.7 Å². The van der Waals surface area contributed by atoms with Crippen molar-refractivity contribution in [3.8, 4) is 11.3 Å². The van der Waals surface area contributed by atoms with Crippen molar-refractivity contribution in [1.82, 2.24) is 19.7 Å². The van der Waals surface area contributed by atoms with Gasteiger partial charge in [-0.25, -0.2) is 4.98 Å². The molecule has 4 aromatic rings. The lowest BCUT2D eigenvalue weighted by molar-refractivity contribution is -0.116. The highest BCUT2D eigenvalue weighted by Crippen LogP contribution is 2.22. The van der Waals surface area contributed by atoms with Crippen LogP contribution < -0.4 is 5.32 Å². The third-order valence-corrected chi connectivity index (χ3v) is 6.21. The maximum absolute atomic E-state index is 12.5. The Kier molecular flexibility index (Phi) is 6.21. The number of oxazole rings is 1. The first kappa shape index (κ1) is 21.4. The number of fused-ring (bicyclic) bond motifs is 1. The van der Waals surface area contributed by atoms with Crippen LogP contribution in [0.25, 0.3) is 22.2 Å². The SMILES string of the molecule is Cc1ccc(-c2cnc(CCC(=O)Nc3ccc4cnn(CCN5CCCC5)c4c3)o2)cc1. The van der Waals surface area contributed by atoms with E-state index in [1.807, 2.05) is 60.3 Å². The number of rotatable bonds is 8. The number of anilines is 1. The molecule has 0 aliphatic carbocycles. The van der Waals surface area contributed by atoms with Crippen LogP contribution >= 0.6 is 0 Å². The minimum atomic E-state index is -0.0624.